The Labute approximate surface area is 151 Å². The molecule has 2 fully saturated rings. The second-order valence-corrected chi connectivity index (χ2v) is 7.98. The van der Waals surface area contributed by atoms with Crippen molar-refractivity contribution < 1.29 is 9.84 Å². The number of likely N-dealkylation sites (tertiary alicyclic amines) is 1. The molecule has 1 aromatic rings. The van der Waals surface area contributed by atoms with E-state index in [1.807, 2.05) is 12.4 Å². The van der Waals surface area contributed by atoms with Gasteiger partial charge in [0.15, 0.2) is 0 Å². The van der Waals surface area contributed by atoms with E-state index in [9.17, 15) is 5.11 Å². The van der Waals surface area contributed by atoms with Gasteiger partial charge in [-0.15, -0.1) is 0 Å². The minimum absolute atomic E-state index is 0.271. The van der Waals surface area contributed by atoms with Crippen LogP contribution in [0.5, 0.6) is 0 Å². The number of hydrogen-bond acceptors (Lipinski definition) is 6. The molecule has 3 heterocycles. The molecule has 140 valence electrons. The Morgan fingerprint density at radius 1 is 1.32 bits per heavy atom. The zero-order valence-corrected chi connectivity index (χ0v) is 15.7. The first kappa shape index (κ1) is 18.5. The number of piperidine rings is 1. The van der Waals surface area contributed by atoms with Crippen LogP contribution in [-0.4, -0.2) is 57.9 Å². The number of aliphatic hydroxyl groups is 1. The summed E-state index contributed by atoms with van der Waals surface area (Å²) in [6, 6.07) is 0.330. The molecule has 0 aliphatic carbocycles. The van der Waals surface area contributed by atoms with Crippen LogP contribution in [0.25, 0.3) is 0 Å². The maximum atomic E-state index is 11.3. The molecule has 2 unspecified atom stereocenters. The third-order valence-electron chi connectivity index (χ3n) is 5.67. The summed E-state index contributed by atoms with van der Waals surface area (Å²) < 4.78 is 5.46. The second kappa shape index (κ2) is 7.98. The zero-order valence-electron chi connectivity index (χ0n) is 15.7. The Hall–Kier alpha value is -1.24. The van der Waals surface area contributed by atoms with Gasteiger partial charge >= 0.3 is 0 Å². The third-order valence-corrected chi connectivity index (χ3v) is 5.67. The molecular formula is C19H32N4O2. The lowest BCUT2D eigenvalue weighted by atomic mass is 9.70. The van der Waals surface area contributed by atoms with Crippen LogP contribution in [0.1, 0.15) is 45.6 Å². The summed E-state index contributed by atoms with van der Waals surface area (Å²) in [6.45, 7) is 10.6. The number of hydrogen-bond donors (Lipinski definition) is 2. The third kappa shape index (κ3) is 4.49. The molecule has 0 amide bonds. The molecule has 2 atom stereocenters. The zero-order chi connectivity index (χ0) is 17.9. The van der Waals surface area contributed by atoms with Crippen LogP contribution in [0.4, 0.5) is 5.95 Å². The van der Waals surface area contributed by atoms with E-state index in [1.165, 1.54) is 0 Å². The van der Waals surface area contributed by atoms with Gasteiger partial charge in [-0.1, -0.05) is 6.92 Å². The Morgan fingerprint density at radius 3 is 2.60 bits per heavy atom. The first-order valence-electron chi connectivity index (χ1n) is 9.57. The van der Waals surface area contributed by atoms with E-state index in [0.717, 1.165) is 57.7 Å². The highest BCUT2D eigenvalue weighted by Crippen LogP contribution is 2.39. The minimum Gasteiger partial charge on any atom is -0.389 e. The maximum Gasteiger partial charge on any atom is 0.222 e. The summed E-state index contributed by atoms with van der Waals surface area (Å²) >= 11 is 0. The summed E-state index contributed by atoms with van der Waals surface area (Å²) in [5, 5.41) is 14.5. The fraction of sp³-hybridized carbons (Fsp3) is 0.789. The number of nitrogens with one attached hydrogen (secondary N) is 1. The normalized spacial score (nSPS) is 29.1. The second-order valence-electron chi connectivity index (χ2n) is 7.98. The smallest absolute Gasteiger partial charge is 0.222 e. The first-order chi connectivity index (χ1) is 12.0. The molecule has 2 aliphatic heterocycles. The van der Waals surface area contributed by atoms with Crippen molar-refractivity contribution in [1.29, 1.82) is 0 Å². The average molecular weight is 348 g/mol. The predicted molar refractivity (Wildman–Crippen MR) is 98.3 cm³/mol. The van der Waals surface area contributed by atoms with Crippen molar-refractivity contribution in [2.45, 2.75) is 58.2 Å². The first-order valence-corrected chi connectivity index (χ1v) is 9.57. The Balaban J connectivity index is 1.55. The van der Waals surface area contributed by atoms with E-state index in [4.69, 9.17) is 4.74 Å². The molecular weight excluding hydrogens is 316 g/mol. The quantitative estimate of drug-likeness (QED) is 0.851. The molecule has 0 saturated carbocycles. The van der Waals surface area contributed by atoms with Crippen molar-refractivity contribution in [1.82, 2.24) is 14.9 Å². The number of anilines is 1. The van der Waals surface area contributed by atoms with E-state index in [-0.39, 0.29) is 5.92 Å². The van der Waals surface area contributed by atoms with Crippen LogP contribution in [0.3, 0.4) is 0 Å². The highest BCUT2D eigenvalue weighted by atomic mass is 16.5. The van der Waals surface area contributed by atoms with Gasteiger partial charge in [-0.05, 0) is 44.9 Å². The van der Waals surface area contributed by atoms with Crippen molar-refractivity contribution in [2.24, 2.45) is 11.8 Å². The van der Waals surface area contributed by atoms with Crippen LogP contribution in [0.15, 0.2) is 12.4 Å². The van der Waals surface area contributed by atoms with Gasteiger partial charge in [0, 0.05) is 56.8 Å². The van der Waals surface area contributed by atoms with Crippen molar-refractivity contribution >= 4 is 5.95 Å². The van der Waals surface area contributed by atoms with Crippen molar-refractivity contribution in [3.05, 3.63) is 18.0 Å². The van der Waals surface area contributed by atoms with Gasteiger partial charge in [-0.3, -0.25) is 4.90 Å². The summed E-state index contributed by atoms with van der Waals surface area (Å²) in [4.78, 5) is 11.2. The number of aromatic nitrogens is 2. The Kier molecular flexibility index (Phi) is 5.92. The van der Waals surface area contributed by atoms with Gasteiger partial charge in [-0.25, -0.2) is 9.97 Å². The number of ether oxygens (including phenoxy) is 1. The van der Waals surface area contributed by atoms with Crippen molar-refractivity contribution in [3.8, 4) is 0 Å². The summed E-state index contributed by atoms with van der Waals surface area (Å²) in [5.41, 5.74) is 0.583. The van der Waals surface area contributed by atoms with Gasteiger partial charge in [0.1, 0.15) is 0 Å². The molecule has 6 heteroatoms. The molecule has 2 saturated heterocycles. The van der Waals surface area contributed by atoms with Gasteiger partial charge < -0.3 is 15.2 Å². The monoisotopic (exact) mass is 348 g/mol. The lowest BCUT2D eigenvalue weighted by Crippen LogP contribution is -2.55. The van der Waals surface area contributed by atoms with Crippen molar-refractivity contribution in [2.75, 3.05) is 31.6 Å². The summed E-state index contributed by atoms with van der Waals surface area (Å²) in [5.74, 6) is 1.33. The van der Waals surface area contributed by atoms with Gasteiger partial charge in [-0.2, -0.15) is 0 Å². The minimum atomic E-state index is -0.540. The lowest BCUT2D eigenvalue weighted by Gasteiger charge is -2.48. The number of rotatable bonds is 5. The van der Waals surface area contributed by atoms with Gasteiger partial charge in [0.05, 0.1) is 5.60 Å². The van der Waals surface area contributed by atoms with Crippen molar-refractivity contribution in [3.63, 3.8) is 0 Å². The molecule has 0 aromatic carbocycles. The highest BCUT2D eigenvalue weighted by molar-refractivity contribution is 5.25. The van der Waals surface area contributed by atoms with E-state index in [0.29, 0.717) is 17.9 Å². The molecule has 1 aromatic heterocycles. The molecule has 0 radical (unpaired) electrons. The molecule has 2 aliphatic rings. The number of nitrogens with zero attached hydrogens (tertiary/aromatic N) is 3. The van der Waals surface area contributed by atoms with E-state index < -0.39 is 5.60 Å². The standard InChI is InChI=1S/C19H32N4O2/c1-14(2)22-18-20-10-16(11-21-18)13-23-7-6-19(24,15(3)12-23)17-4-8-25-9-5-17/h10-11,14-15,17,24H,4-9,12-13H2,1-3H3,(H,20,21,22). The molecule has 25 heavy (non-hydrogen) atoms. The van der Waals surface area contributed by atoms with Crippen LogP contribution in [0, 0.1) is 11.8 Å². The highest BCUT2D eigenvalue weighted by Gasteiger charge is 2.45. The Bertz CT molecular complexity index is 545. The Morgan fingerprint density at radius 2 is 2.00 bits per heavy atom. The SMILES string of the molecule is CC(C)Nc1ncc(CN2CCC(O)(C3CCOCC3)C(C)C2)cn1. The largest absolute Gasteiger partial charge is 0.389 e. The maximum absolute atomic E-state index is 11.3. The molecule has 0 spiro atoms. The molecule has 0 bridgehead atoms. The van der Waals surface area contributed by atoms with Crippen LogP contribution < -0.4 is 5.32 Å². The van der Waals surface area contributed by atoms with Crippen LogP contribution >= 0.6 is 0 Å². The summed E-state index contributed by atoms with van der Waals surface area (Å²) in [7, 11) is 0. The van der Waals surface area contributed by atoms with E-state index >= 15 is 0 Å². The van der Waals surface area contributed by atoms with E-state index in [2.05, 4.69) is 41.0 Å². The molecule has 6 nitrogen and oxygen atoms in total. The van der Waals surface area contributed by atoms with Gasteiger partial charge in [0.2, 0.25) is 5.95 Å². The lowest BCUT2D eigenvalue weighted by molar-refractivity contribution is -0.131. The fourth-order valence-electron chi connectivity index (χ4n) is 4.20. The predicted octanol–water partition coefficient (Wildman–Crippen LogP) is 2.30. The van der Waals surface area contributed by atoms with Gasteiger partial charge in [0.25, 0.3) is 0 Å². The molecule has 2 N–H and O–H groups in total. The summed E-state index contributed by atoms with van der Waals surface area (Å²) in [6.07, 6.45) is 6.62. The van der Waals surface area contributed by atoms with E-state index in [1.54, 1.807) is 0 Å². The van der Waals surface area contributed by atoms with Crippen LogP contribution in [-0.2, 0) is 11.3 Å². The fourth-order valence-corrected chi connectivity index (χ4v) is 4.20. The molecule has 3 rings (SSSR count). The average Bonchev–Trinajstić information content (AvgIpc) is 2.60. The van der Waals surface area contributed by atoms with Crippen LogP contribution in [0.2, 0.25) is 0 Å². The topological polar surface area (TPSA) is 70.5 Å².